The zero-order chi connectivity index (χ0) is 26.1. The van der Waals surface area contributed by atoms with Crippen LogP contribution in [0.5, 0.6) is 0 Å². The Hall–Kier alpha value is -3.07. The number of amides is 1. The van der Waals surface area contributed by atoms with Crippen LogP contribution in [0.2, 0.25) is 0 Å². The molecule has 2 aromatic carbocycles. The molecule has 2 aliphatic rings. The van der Waals surface area contributed by atoms with Crippen LogP contribution in [0.15, 0.2) is 46.9 Å². The first kappa shape index (κ1) is 26.0. The van der Waals surface area contributed by atoms with E-state index in [1.807, 2.05) is 63.2 Å². The molecule has 194 valence electrons. The number of nitrogens with one attached hydrogen (secondary N) is 2. The third-order valence-electron chi connectivity index (χ3n) is 6.73. The quantitative estimate of drug-likeness (QED) is 0.358. The highest BCUT2D eigenvalue weighted by Crippen LogP contribution is 2.52. The highest BCUT2D eigenvalue weighted by Gasteiger charge is 2.40. The van der Waals surface area contributed by atoms with Gasteiger partial charge in [-0.15, -0.1) is 4.40 Å². The highest BCUT2D eigenvalue weighted by molar-refractivity contribution is 7.89. The maximum absolute atomic E-state index is 12.6. The Balaban J connectivity index is 1.72. The maximum Gasteiger partial charge on any atom is 0.412 e. The zero-order valence-corrected chi connectivity index (χ0v) is 22.2. The van der Waals surface area contributed by atoms with Crippen LogP contribution < -0.4 is 16.4 Å². The van der Waals surface area contributed by atoms with E-state index in [1.54, 1.807) is 0 Å². The zero-order valence-electron chi connectivity index (χ0n) is 21.4. The number of hydrogen-bond donors (Lipinski definition) is 3. The molecular weight excluding hydrogens is 476 g/mol. The summed E-state index contributed by atoms with van der Waals surface area (Å²) in [6.45, 7) is 5.51. The molecule has 0 aromatic heterocycles. The van der Waals surface area contributed by atoms with Crippen LogP contribution in [-0.2, 0) is 14.8 Å². The number of para-hydroxylation sites is 1. The fourth-order valence-electron chi connectivity index (χ4n) is 5.39. The number of sulfonamides is 1. The lowest BCUT2D eigenvalue weighted by Crippen LogP contribution is -2.28. The van der Waals surface area contributed by atoms with Gasteiger partial charge in [0.15, 0.2) is 0 Å². The van der Waals surface area contributed by atoms with Crippen molar-refractivity contribution in [2.75, 3.05) is 16.9 Å². The molecule has 0 bridgehead atoms. The first-order chi connectivity index (χ1) is 16.9. The second-order valence-electron chi connectivity index (χ2n) is 10.8. The van der Waals surface area contributed by atoms with Gasteiger partial charge >= 0.3 is 6.09 Å². The van der Waals surface area contributed by atoms with Gasteiger partial charge in [-0.05, 0) is 62.8 Å². The number of hydrogen-bond acceptors (Lipinski definition) is 5. The Morgan fingerprint density at radius 2 is 1.78 bits per heavy atom. The molecule has 0 radical (unpaired) electrons. The number of anilines is 2. The summed E-state index contributed by atoms with van der Waals surface area (Å²) in [5.41, 5.74) is 9.73. The summed E-state index contributed by atoms with van der Waals surface area (Å²) in [6.07, 6.45) is 6.47. The van der Waals surface area contributed by atoms with E-state index in [0.29, 0.717) is 17.2 Å². The van der Waals surface area contributed by atoms with E-state index in [-0.39, 0.29) is 17.8 Å². The summed E-state index contributed by atoms with van der Waals surface area (Å²) >= 11 is 0. The number of ether oxygens (including phenoxy) is 1. The number of nitrogens with two attached hydrogens (primary N) is 1. The van der Waals surface area contributed by atoms with E-state index < -0.39 is 21.7 Å². The van der Waals surface area contributed by atoms with Crippen LogP contribution in [0.3, 0.4) is 0 Å². The van der Waals surface area contributed by atoms with Gasteiger partial charge in [-0.1, -0.05) is 49.6 Å². The molecule has 4 rings (SSSR count). The fraction of sp³-hybridized carbons (Fsp3) is 0.481. The molecule has 1 saturated carbocycles. The van der Waals surface area contributed by atoms with Crippen LogP contribution >= 0.6 is 0 Å². The highest BCUT2D eigenvalue weighted by atomic mass is 32.2. The average molecular weight is 513 g/mol. The summed E-state index contributed by atoms with van der Waals surface area (Å²) in [7, 11) is -3.61. The van der Waals surface area contributed by atoms with Gasteiger partial charge in [0.25, 0.3) is 10.0 Å². The predicted molar refractivity (Wildman–Crippen MR) is 144 cm³/mol. The van der Waals surface area contributed by atoms with Crippen molar-refractivity contribution >= 4 is 33.3 Å². The summed E-state index contributed by atoms with van der Waals surface area (Å²) in [6, 6.07) is 13.5. The molecule has 1 amide bonds. The van der Waals surface area contributed by atoms with Crippen LogP contribution in [0.4, 0.5) is 16.2 Å². The fourth-order valence-corrected chi connectivity index (χ4v) is 5.85. The first-order valence-electron chi connectivity index (χ1n) is 12.5. The molecule has 0 saturated heterocycles. The van der Waals surface area contributed by atoms with Gasteiger partial charge in [0.05, 0.1) is 12.3 Å². The minimum absolute atomic E-state index is 0.0354. The normalized spacial score (nSPS) is 20.9. The Bertz CT molecular complexity index is 1260. The van der Waals surface area contributed by atoms with Crippen LogP contribution in [0.25, 0.3) is 0 Å². The van der Waals surface area contributed by atoms with Crippen LogP contribution in [0.1, 0.15) is 81.5 Å². The first-order valence-corrected chi connectivity index (χ1v) is 14.3. The molecule has 1 aliphatic heterocycles. The molecule has 0 spiro atoms. The van der Waals surface area contributed by atoms with E-state index in [9.17, 15) is 13.2 Å². The third-order valence-corrected chi connectivity index (χ3v) is 7.26. The molecular formula is C27H36N4O4S. The molecule has 2 unspecified atom stereocenters. The largest absolute Gasteiger partial charge is 0.444 e. The number of fused-ring (bicyclic) bond motifs is 1. The van der Waals surface area contributed by atoms with E-state index >= 15 is 0 Å². The van der Waals surface area contributed by atoms with Gasteiger partial charge in [-0.3, -0.25) is 5.32 Å². The van der Waals surface area contributed by atoms with E-state index in [0.717, 1.165) is 30.3 Å². The Kier molecular flexibility index (Phi) is 7.31. The molecule has 2 aromatic rings. The summed E-state index contributed by atoms with van der Waals surface area (Å²) in [5.74, 6) is 0.649. The van der Waals surface area contributed by atoms with Crippen molar-refractivity contribution < 1.29 is 17.9 Å². The molecule has 1 aliphatic carbocycles. The van der Waals surface area contributed by atoms with Crippen molar-refractivity contribution in [3.8, 4) is 0 Å². The van der Waals surface area contributed by atoms with Gasteiger partial charge in [-0.2, -0.15) is 0 Å². The van der Waals surface area contributed by atoms with Gasteiger partial charge in [-0.25, -0.2) is 13.2 Å². The molecule has 8 nitrogen and oxygen atoms in total. The van der Waals surface area contributed by atoms with E-state index in [2.05, 4.69) is 15.0 Å². The third kappa shape index (κ3) is 6.19. The van der Waals surface area contributed by atoms with E-state index in [1.165, 1.54) is 24.8 Å². The number of amidine groups is 1. The minimum Gasteiger partial charge on any atom is -0.444 e. The number of carbonyl (C=O) groups excluding carboxylic acids is 1. The SMILES string of the molecule is CC(C)(C)OC(=O)Nc1ccccc1C1Nc2cc(C(N)=NS(C)(=O)=O)ccc2C1C1CCCCC1. The Morgan fingerprint density at radius 3 is 2.44 bits per heavy atom. The number of nitrogens with zero attached hydrogens (tertiary/aromatic N) is 1. The number of benzene rings is 2. The smallest absolute Gasteiger partial charge is 0.412 e. The maximum atomic E-state index is 12.6. The summed E-state index contributed by atoms with van der Waals surface area (Å²) in [4.78, 5) is 12.6. The average Bonchev–Trinajstić information content (AvgIpc) is 3.16. The lowest BCUT2D eigenvalue weighted by Gasteiger charge is -2.33. The van der Waals surface area contributed by atoms with Crippen molar-refractivity contribution in [3.63, 3.8) is 0 Å². The molecule has 4 N–H and O–H groups in total. The lowest BCUT2D eigenvalue weighted by molar-refractivity contribution is 0.0635. The van der Waals surface area contributed by atoms with Crippen molar-refractivity contribution in [2.24, 2.45) is 16.0 Å². The molecule has 36 heavy (non-hydrogen) atoms. The van der Waals surface area contributed by atoms with Gasteiger partial charge in [0, 0.05) is 22.9 Å². The van der Waals surface area contributed by atoms with Crippen LogP contribution in [-0.4, -0.2) is 32.2 Å². The van der Waals surface area contributed by atoms with Crippen molar-refractivity contribution in [1.82, 2.24) is 0 Å². The van der Waals surface area contributed by atoms with Crippen molar-refractivity contribution in [1.29, 1.82) is 0 Å². The predicted octanol–water partition coefficient (Wildman–Crippen LogP) is 5.53. The molecule has 2 atom stereocenters. The molecule has 9 heteroatoms. The van der Waals surface area contributed by atoms with Gasteiger partial charge in [0.1, 0.15) is 11.4 Å². The monoisotopic (exact) mass is 512 g/mol. The van der Waals surface area contributed by atoms with Gasteiger partial charge < -0.3 is 15.8 Å². The minimum atomic E-state index is -3.61. The standard InChI is InChI=1S/C27H36N4O4S/c1-27(2,3)35-26(32)30-21-13-9-8-12-20(21)24-23(17-10-6-5-7-11-17)19-15-14-18(16-22(19)29-24)25(28)31-36(4,33)34/h8-9,12-17,23-24,29H,5-7,10-11H2,1-4H3,(H2,28,31)(H,30,32). The van der Waals surface area contributed by atoms with Crippen molar-refractivity contribution in [2.45, 2.75) is 70.4 Å². The molecule has 1 fully saturated rings. The Morgan fingerprint density at radius 1 is 1.08 bits per heavy atom. The lowest BCUT2D eigenvalue weighted by atomic mass is 9.73. The van der Waals surface area contributed by atoms with E-state index in [4.69, 9.17) is 10.5 Å². The number of carbonyl (C=O) groups is 1. The molecule has 1 heterocycles. The van der Waals surface area contributed by atoms with Crippen LogP contribution in [0, 0.1) is 5.92 Å². The summed E-state index contributed by atoms with van der Waals surface area (Å²) in [5, 5.41) is 6.61. The second kappa shape index (κ2) is 10.1. The topological polar surface area (TPSA) is 123 Å². The Labute approximate surface area is 213 Å². The number of rotatable bonds is 5. The van der Waals surface area contributed by atoms with Gasteiger partial charge in [0.2, 0.25) is 0 Å². The van der Waals surface area contributed by atoms with Crippen molar-refractivity contribution in [3.05, 3.63) is 59.2 Å². The second-order valence-corrected chi connectivity index (χ2v) is 12.4. The summed E-state index contributed by atoms with van der Waals surface area (Å²) < 4.78 is 32.4.